The Hall–Kier alpha value is -1.60. The van der Waals surface area contributed by atoms with E-state index in [1.54, 1.807) is 14.2 Å². The van der Waals surface area contributed by atoms with Gasteiger partial charge in [-0.25, -0.2) is 0 Å². The van der Waals surface area contributed by atoms with Gasteiger partial charge in [0.1, 0.15) is 11.6 Å². The number of nitrogens with one attached hydrogen (secondary N) is 1. The predicted molar refractivity (Wildman–Crippen MR) is 90.8 cm³/mol. The molecule has 0 saturated carbocycles. The van der Waals surface area contributed by atoms with Gasteiger partial charge in [-0.1, -0.05) is 15.9 Å². The van der Waals surface area contributed by atoms with E-state index in [0.717, 1.165) is 59.1 Å². The zero-order valence-electron chi connectivity index (χ0n) is 13.6. The number of hydrogen-bond donors (Lipinski definition) is 1. The third-order valence-electron chi connectivity index (χ3n) is 4.24. The van der Waals surface area contributed by atoms with E-state index >= 15 is 0 Å². The molecule has 0 spiro atoms. The third kappa shape index (κ3) is 3.21. The van der Waals surface area contributed by atoms with Gasteiger partial charge in [0, 0.05) is 17.6 Å². The fourth-order valence-electron chi connectivity index (χ4n) is 2.97. The number of hydrogen-bond acceptors (Lipinski definition) is 5. The third-order valence-corrected chi connectivity index (χ3v) is 4.98. The van der Waals surface area contributed by atoms with Gasteiger partial charge in [0.15, 0.2) is 11.5 Å². The Morgan fingerprint density at radius 1 is 1.26 bits per heavy atom. The summed E-state index contributed by atoms with van der Waals surface area (Å²) in [5.41, 5.74) is 1.12. The molecule has 0 aliphatic carbocycles. The van der Waals surface area contributed by atoms with Crippen molar-refractivity contribution in [3.05, 3.63) is 33.8 Å². The highest BCUT2D eigenvalue weighted by atomic mass is 79.9. The standard InChI is InChI=1S/C16H21BrN4O2/c1-10-19-20-16-13(5-4-6-21(10)16)18-9-11-7-14(22-2)15(23-3)8-12(11)17/h7-8,13,18H,4-6,9H2,1-3H3. The SMILES string of the molecule is COc1cc(Br)c(CNC2CCCn3c(C)nnc32)cc1OC. The number of nitrogens with zero attached hydrogens (tertiary/aromatic N) is 3. The van der Waals surface area contributed by atoms with E-state index in [2.05, 4.69) is 36.0 Å². The van der Waals surface area contributed by atoms with Crippen molar-refractivity contribution in [1.82, 2.24) is 20.1 Å². The van der Waals surface area contributed by atoms with Crippen LogP contribution in [0.5, 0.6) is 11.5 Å². The van der Waals surface area contributed by atoms with Crippen molar-refractivity contribution < 1.29 is 9.47 Å². The van der Waals surface area contributed by atoms with Crippen LogP contribution in [-0.4, -0.2) is 29.0 Å². The highest BCUT2D eigenvalue weighted by molar-refractivity contribution is 9.10. The van der Waals surface area contributed by atoms with Crippen LogP contribution >= 0.6 is 15.9 Å². The number of aromatic nitrogens is 3. The molecule has 7 heteroatoms. The van der Waals surface area contributed by atoms with Crippen LogP contribution in [0.3, 0.4) is 0 Å². The van der Waals surface area contributed by atoms with Crippen molar-refractivity contribution in [1.29, 1.82) is 0 Å². The normalized spacial score (nSPS) is 17.0. The van der Waals surface area contributed by atoms with Crippen LogP contribution in [0, 0.1) is 6.92 Å². The minimum atomic E-state index is 0.227. The second-order valence-corrected chi connectivity index (χ2v) is 6.49. The minimum Gasteiger partial charge on any atom is -0.493 e. The summed E-state index contributed by atoms with van der Waals surface area (Å²) in [5.74, 6) is 3.47. The van der Waals surface area contributed by atoms with Gasteiger partial charge < -0.3 is 19.4 Å². The van der Waals surface area contributed by atoms with E-state index in [1.807, 2.05) is 19.1 Å². The number of halogens is 1. The van der Waals surface area contributed by atoms with Crippen LogP contribution < -0.4 is 14.8 Å². The second kappa shape index (κ2) is 6.88. The molecule has 1 aliphatic rings. The minimum absolute atomic E-state index is 0.227. The highest BCUT2D eigenvalue weighted by Crippen LogP contribution is 2.34. The molecule has 0 amide bonds. The maximum absolute atomic E-state index is 5.38. The molecule has 0 radical (unpaired) electrons. The molecule has 2 aromatic rings. The fourth-order valence-corrected chi connectivity index (χ4v) is 3.43. The summed E-state index contributed by atoms with van der Waals surface area (Å²) < 4.78 is 13.9. The highest BCUT2D eigenvalue weighted by Gasteiger charge is 2.24. The molecule has 3 rings (SSSR count). The molecule has 1 atom stereocenters. The monoisotopic (exact) mass is 380 g/mol. The topological polar surface area (TPSA) is 61.2 Å². The van der Waals surface area contributed by atoms with Crippen molar-refractivity contribution in [2.24, 2.45) is 0 Å². The lowest BCUT2D eigenvalue weighted by atomic mass is 10.1. The van der Waals surface area contributed by atoms with Gasteiger partial charge in [-0.05, 0) is 37.5 Å². The first-order valence-corrected chi connectivity index (χ1v) is 8.46. The molecule has 23 heavy (non-hydrogen) atoms. The molecule has 6 nitrogen and oxygen atoms in total. The maximum atomic E-state index is 5.38. The molecule has 1 N–H and O–H groups in total. The first-order valence-electron chi connectivity index (χ1n) is 7.67. The Bertz CT molecular complexity index is 702. The molecule has 0 saturated heterocycles. The number of benzene rings is 1. The summed E-state index contributed by atoms with van der Waals surface area (Å²) in [4.78, 5) is 0. The van der Waals surface area contributed by atoms with Gasteiger partial charge in [0.2, 0.25) is 0 Å². The predicted octanol–water partition coefficient (Wildman–Crippen LogP) is 2.99. The van der Waals surface area contributed by atoms with Gasteiger partial charge in [0.25, 0.3) is 0 Å². The average Bonchev–Trinajstić information content (AvgIpc) is 2.95. The summed E-state index contributed by atoms with van der Waals surface area (Å²) in [6, 6.07) is 4.16. The van der Waals surface area contributed by atoms with Crippen LogP contribution in [0.15, 0.2) is 16.6 Å². The van der Waals surface area contributed by atoms with Crippen LogP contribution in [0.1, 0.15) is 36.1 Å². The maximum Gasteiger partial charge on any atom is 0.161 e. The van der Waals surface area contributed by atoms with E-state index in [0.29, 0.717) is 0 Å². The molecular formula is C16H21BrN4O2. The number of methoxy groups -OCH3 is 2. The zero-order valence-corrected chi connectivity index (χ0v) is 15.2. The fraction of sp³-hybridized carbons (Fsp3) is 0.500. The average molecular weight is 381 g/mol. The van der Waals surface area contributed by atoms with Crippen LogP contribution in [0.4, 0.5) is 0 Å². The van der Waals surface area contributed by atoms with Gasteiger partial charge >= 0.3 is 0 Å². The lowest BCUT2D eigenvalue weighted by molar-refractivity contribution is 0.353. The lowest BCUT2D eigenvalue weighted by Gasteiger charge is -2.24. The quantitative estimate of drug-likeness (QED) is 0.863. The Balaban J connectivity index is 1.77. The van der Waals surface area contributed by atoms with Crippen LogP contribution in [0.2, 0.25) is 0 Å². The van der Waals surface area contributed by atoms with E-state index in [4.69, 9.17) is 9.47 Å². The lowest BCUT2D eigenvalue weighted by Crippen LogP contribution is -2.28. The first kappa shape index (κ1) is 16.3. The molecule has 1 aromatic heterocycles. The van der Waals surface area contributed by atoms with Gasteiger partial charge in [-0.3, -0.25) is 0 Å². The van der Waals surface area contributed by atoms with Crippen molar-refractivity contribution in [3.8, 4) is 11.5 Å². The molecule has 1 unspecified atom stereocenters. The van der Waals surface area contributed by atoms with E-state index in [1.165, 1.54) is 0 Å². The van der Waals surface area contributed by atoms with Gasteiger partial charge in [-0.2, -0.15) is 0 Å². The second-order valence-electron chi connectivity index (χ2n) is 5.63. The van der Waals surface area contributed by atoms with Crippen LogP contribution in [-0.2, 0) is 13.1 Å². The van der Waals surface area contributed by atoms with E-state index in [9.17, 15) is 0 Å². The summed E-state index contributed by atoms with van der Waals surface area (Å²) in [6.07, 6.45) is 2.21. The molecule has 0 fully saturated rings. The molecule has 124 valence electrons. The van der Waals surface area contributed by atoms with Crippen molar-refractivity contribution in [2.75, 3.05) is 14.2 Å². The Kier molecular flexibility index (Phi) is 4.87. The number of ether oxygens (including phenoxy) is 2. The molecule has 2 heterocycles. The number of aryl methyl sites for hydroxylation is 1. The molecule has 1 aliphatic heterocycles. The molecule has 0 bridgehead atoms. The van der Waals surface area contributed by atoms with Crippen molar-refractivity contribution in [2.45, 2.75) is 38.9 Å². The molecular weight excluding hydrogens is 360 g/mol. The van der Waals surface area contributed by atoms with Gasteiger partial charge in [0.05, 0.1) is 20.3 Å². The summed E-state index contributed by atoms with van der Waals surface area (Å²) in [6.45, 7) is 3.73. The van der Waals surface area contributed by atoms with E-state index in [-0.39, 0.29) is 6.04 Å². The Morgan fingerprint density at radius 3 is 2.74 bits per heavy atom. The van der Waals surface area contributed by atoms with Gasteiger partial charge in [-0.15, -0.1) is 10.2 Å². The largest absolute Gasteiger partial charge is 0.493 e. The summed E-state index contributed by atoms with van der Waals surface area (Å²) >= 11 is 3.60. The van der Waals surface area contributed by atoms with Crippen LogP contribution in [0.25, 0.3) is 0 Å². The van der Waals surface area contributed by atoms with Crippen molar-refractivity contribution >= 4 is 15.9 Å². The first-order chi connectivity index (χ1) is 11.1. The Morgan fingerprint density at radius 2 is 2.00 bits per heavy atom. The Labute approximate surface area is 144 Å². The number of rotatable bonds is 5. The summed E-state index contributed by atoms with van der Waals surface area (Å²) in [7, 11) is 3.29. The number of fused-ring (bicyclic) bond motifs is 1. The zero-order chi connectivity index (χ0) is 16.4. The van der Waals surface area contributed by atoms with Crippen molar-refractivity contribution in [3.63, 3.8) is 0 Å². The summed E-state index contributed by atoms with van der Waals surface area (Å²) in [5, 5.41) is 12.1. The molecule has 1 aromatic carbocycles. The van der Waals surface area contributed by atoms with E-state index < -0.39 is 0 Å². The smallest absolute Gasteiger partial charge is 0.161 e.